The summed E-state index contributed by atoms with van der Waals surface area (Å²) in [7, 11) is -4.16. The summed E-state index contributed by atoms with van der Waals surface area (Å²) in [6, 6.07) is 1.56. The van der Waals surface area contributed by atoms with E-state index in [0.717, 1.165) is 12.1 Å². The third kappa shape index (κ3) is 2.96. The molecule has 8 heteroatoms. The molecule has 2 aromatic rings. The summed E-state index contributed by atoms with van der Waals surface area (Å²) in [5.74, 6) is -1.46. The molecule has 5 nitrogen and oxygen atoms in total. The molecule has 1 heterocycles. The highest BCUT2D eigenvalue weighted by molar-refractivity contribution is 7.89. The third-order valence-electron chi connectivity index (χ3n) is 2.44. The van der Waals surface area contributed by atoms with Gasteiger partial charge in [-0.3, -0.25) is 0 Å². The predicted octanol–water partition coefficient (Wildman–Crippen LogP) is 1.73. The van der Waals surface area contributed by atoms with E-state index in [0.29, 0.717) is 11.9 Å². The number of rotatable bonds is 4. The van der Waals surface area contributed by atoms with Crippen LogP contribution in [0.1, 0.15) is 18.8 Å². The lowest BCUT2D eigenvalue weighted by atomic mass is 10.3. The molecule has 102 valence electrons. The minimum atomic E-state index is -4.16. The first-order valence-electron chi connectivity index (χ1n) is 5.37. The summed E-state index contributed by atoms with van der Waals surface area (Å²) in [6.07, 6.45) is 2.99. The Labute approximate surface area is 108 Å². The number of hydrogen-bond donors (Lipinski definition) is 2. The molecule has 0 aliphatic carbocycles. The van der Waals surface area contributed by atoms with Gasteiger partial charge in [0.1, 0.15) is 22.4 Å². The van der Waals surface area contributed by atoms with Crippen LogP contribution in [0.4, 0.5) is 8.78 Å². The molecule has 0 amide bonds. The van der Waals surface area contributed by atoms with E-state index in [1.165, 1.54) is 19.3 Å². The number of hydrogen-bond acceptors (Lipinski definition) is 3. The van der Waals surface area contributed by atoms with Gasteiger partial charge in [0.25, 0.3) is 0 Å². The Morgan fingerprint density at radius 3 is 2.74 bits per heavy atom. The van der Waals surface area contributed by atoms with Gasteiger partial charge in [-0.25, -0.2) is 26.9 Å². The molecular formula is C11H11F2N3O2S. The zero-order chi connectivity index (χ0) is 14.0. The lowest BCUT2D eigenvalue weighted by Crippen LogP contribution is -2.28. The third-order valence-corrected chi connectivity index (χ3v) is 4.00. The zero-order valence-electron chi connectivity index (χ0n) is 9.89. The van der Waals surface area contributed by atoms with Crippen LogP contribution in [0.25, 0.3) is 0 Å². The molecule has 1 atom stereocenters. The molecule has 2 N–H and O–H groups in total. The van der Waals surface area contributed by atoms with E-state index < -0.39 is 32.6 Å². The van der Waals surface area contributed by atoms with Crippen LogP contribution in [-0.2, 0) is 10.0 Å². The Morgan fingerprint density at radius 1 is 1.37 bits per heavy atom. The molecule has 0 radical (unpaired) electrons. The predicted molar refractivity (Wildman–Crippen MR) is 63.7 cm³/mol. The highest BCUT2D eigenvalue weighted by Crippen LogP contribution is 2.18. The summed E-state index contributed by atoms with van der Waals surface area (Å²) in [5, 5.41) is 0. The smallest absolute Gasteiger partial charge is 0.244 e. The van der Waals surface area contributed by atoms with Crippen LogP contribution in [0, 0.1) is 11.6 Å². The van der Waals surface area contributed by atoms with Crippen LogP contribution in [0.2, 0.25) is 0 Å². The zero-order valence-corrected chi connectivity index (χ0v) is 10.7. The Kier molecular flexibility index (Phi) is 3.63. The highest BCUT2D eigenvalue weighted by atomic mass is 32.2. The number of sulfonamides is 1. The van der Waals surface area contributed by atoms with Gasteiger partial charge in [0.15, 0.2) is 0 Å². The van der Waals surface area contributed by atoms with Crippen LogP contribution in [0.15, 0.2) is 35.5 Å². The number of halogens is 2. The van der Waals surface area contributed by atoms with E-state index in [-0.39, 0.29) is 0 Å². The van der Waals surface area contributed by atoms with Crippen molar-refractivity contribution in [2.24, 2.45) is 0 Å². The van der Waals surface area contributed by atoms with Crippen molar-refractivity contribution in [3.8, 4) is 0 Å². The van der Waals surface area contributed by atoms with Gasteiger partial charge >= 0.3 is 0 Å². The van der Waals surface area contributed by atoms with Gasteiger partial charge in [-0.05, 0) is 25.1 Å². The Balaban J connectivity index is 2.30. The van der Waals surface area contributed by atoms with Gasteiger partial charge in [0.05, 0.1) is 6.04 Å². The van der Waals surface area contributed by atoms with Gasteiger partial charge in [-0.15, -0.1) is 0 Å². The van der Waals surface area contributed by atoms with Crippen molar-refractivity contribution >= 4 is 10.0 Å². The molecule has 2 rings (SSSR count). The number of benzene rings is 1. The average molecular weight is 287 g/mol. The first-order valence-corrected chi connectivity index (χ1v) is 6.85. The molecule has 0 fully saturated rings. The van der Waals surface area contributed by atoms with Crippen molar-refractivity contribution in [1.29, 1.82) is 0 Å². The van der Waals surface area contributed by atoms with Gasteiger partial charge in [-0.1, -0.05) is 0 Å². The van der Waals surface area contributed by atoms with Crippen molar-refractivity contribution in [3.63, 3.8) is 0 Å². The molecule has 0 aliphatic rings. The summed E-state index contributed by atoms with van der Waals surface area (Å²) in [5.41, 5.74) is 0. The molecule has 0 saturated carbocycles. The fourth-order valence-corrected chi connectivity index (χ4v) is 2.85. The van der Waals surface area contributed by atoms with E-state index in [4.69, 9.17) is 0 Å². The van der Waals surface area contributed by atoms with Crippen molar-refractivity contribution in [2.75, 3.05) is 0 Å². The molecule has 19 heavy (non-hydrogen) atoms. The minimum Gasteiger partial charge on any atom is -0.347 e. The molecule has 1 aromatic heterocycles. The number of nitrogens with zero attached hydrogens (tertiary/aromatic N) is 1. The molecule has 1 aromatic carbocycles. The lowest BCUT2D eigenvalue weighted by molar-refractivity contribution is 0.535. The topological polar surface area (TPSA) is 74.8 Å². The van der Waals surface area contributed by atoms with E-state index in [2.05, 4.69) is 14.7 Å². The second kappa shape index (κ2) is 5.06. The number of nitrogens with one attached hydrogen (secondary N) is 2. The standard InChI is InChI=1S/C11H11F2N3O2S/c1-7(11-14-4-5-15-11)16-19(17,18)10-6-8(12)2-3-9(10)13/h2-7,16H,1H3,(H,14,15). The maximum atomic E-state index is 13.4. The number of imidazole rings is 1. The Hall–Kier alpha value is -1.80. The van der Waals surface area contributed by atoms with Crippen molar-refractivity contribution < 1.29 is 17.2 Å². The number of aromatic amines is 1. The molecular weight excluding hydrogens is 276 g/mol. The van der Waals surface area contributed by atoms with Crippen LogP contribution < -0.4 is 4.72 Å². The molecule has 0 saturated heterocycles. The summed E-state index contributed by atoms with van der Waals surface area (Å²) < 4.78 is 52.6. The minimum absolute atomic E-state index is 0.375. The van der Waals surface area contributed by atoms with Crippen LogP contribution in [-0.4, -0.2) is 18.4 Å². The monoisotopic (exact) mass is 287 g/mol. The largest absolute Gasteiger partial charge is 0.347 e. The van der Waals surface area contributed by atoms with Gasteiger partial charge in [0, 0.05) is 12.4 Å². The summed E-state index contributed by atoms with van der Waals surface area (Å²) in [6.45, 7) is 1.54. The van der Waals surface area contributed by atoms with E-state index in [1.807, 2.05) is 0 Å². The molecule has 0 spiro atoms. The number of H-pyrrole nitrogens is 1. The SMILES string of the molecule is CC(NS(=O)(=O)c1cc(F)ccc1F)c1ncc[nH]1. The molecule has 0 bridgehead atoms. The number of aromatic nitrogens is 2. The highest BCUT2D eigenvalue weighted by Gasteiger charge is 2.23. The fourth-order valence-electron chi connectivity index (χ4n) is 1.55. The van der Waals surface area contributed by atoms with Crippen molar-refractivity contribution in [1.82, 2.24) is 14.7 Å². The average Bonchev–Trinajstić information content (AvgIpc) is 2.85. The first kappa shape index (κ1) is 13.6. The summed E-state index contributed by atoms with van der Waals surface area (Å²) in [4.78, 5) is 5.88. The van der Waals surface area contributed by atoms with Crippen LogP contribution in [0.3, 0.4) is 0 Å². The second-order valence-electron chi connectivity index (χ2n) is 3.89. The Bertz CT molecular complexity index is 671. The van der Waals surface area contributed by atoms with Crippen LogP contribution >= 0.6 is 0 Å². The van der Waals surface area contributed by atoms with E-state index >= 15 is 0 Å². The fraction of sp³-hybridized carbons (Fsp3) is 0.182. The quantitative estimate of drug-likeness (QED) is 0.899. The summed E-state index contributed by atoms with van der Waals surface area (Å²) >= 11 is 0. The Morgan fingerprint density at radius 2 is 2.11 bits per heavy atom. The van der Waals surface area contributed by atoms with Crippen molar-refractivity contribution in [2.45, 2.75) is 17.9 Å². The molecule has 0 aliphatic heterocycles. The maximum Gasteiger partial charge on any atom is 0.244 e. The van der Waals surface area contributed by atoms with Crippen LogP contribution in [0.5, 0.6) is 0 Å². The first-order chi connectivity index (χ1) is 8.90. The van der Waals surface area contributed by atoms with E-state index in [1.54, 1.807) is 0 Å². The van der Waals surface area contributed by atoms with Crippen molar-refractivity contribution in [3.05, 3.63) is 48.1 Å². The normalized spacial score (nSPS) is 13.4. The maximum absolute atomic E-state index is 13.4. The second-order valence-corrected chi connectivity index (χ2v) is 5.57. The molecule has 1 unspecified atom stereocenters. The van der Waals surface area contributed by atoms with Gasteiger partial charge < -0.3 is 4.98 Å². The van der Waals surface area contributed by atoms with Gasteiger partial charge in [-0.2, -0.15) is 0 Å². The van der Waals surface area contributed by atoms with Gasteiger partial charge in [0.2, 0.25) is 10.0 Å². The lowest BCUT2D eigenvalue weighted by Gasteiger charge is -2.12. The van der Waals surface area contributed by atoms with E-state index in [9.17, 15) is 17.2 Å².